The lowest BCUT2D eigenvalue weighted by atomic mass is 10.3. The smallest absolute Gasteiger partial charge is 0.0286 e. The highest BCUT2D eigenvalue weighted by molar-refractivity contribution is 4.97. The third-order valence-electron chi connectivity index (χ3n) is 0.354. The second-order valence-electron chi connectivity index (χ2n) is 1.000. The summed E-state index contributed by atoms with van der Waals surface area (Å²) in [5.41, 5.74) is 0.894. The van der Waals surface area contributed by atoms with Gasteiger partial charge in [0.15, 0.2) is 0 Å². The van der Waals surface area contributed by atoms with Gasteiger partial charge in [0.25, 0.3) is 0 Å². The molecule has 0 aliphatic heterocycles. The Balaban J connectivity index is 2.85. The Kier molecular flexibility index (Phi) is 1.90. The molecule has 2 radical (unpaired) electrons. The summed E-state index contributed by atoms with van der Waals surface area (Å²) in [5, 5.41) is 0. The molecule has 0 spiro atoms. The van der Waals surface area contributed by atoms with Crippen molar-refractivity contribution in [2.75, 3.05) is 0 Å². The van der Waals surface area contributed by atoms with Crippen LogP contribution in [0.25, 0.3) is 0 Å². The molecule has 0 aromatic rings. The predicted octanol–water partition coefficient (Wildman–Crippen LogP) is 1.60. The zero-order chi connectivity index (χ0) is 4.28. The fourth-order valence-electron chi connectivity index (χ4n) is 0. The summed E-state index contributed by atoms with van der Waals surface area (Å²) in [7, 11) is 0. The number of allylic oxidation sites excluding steroid dienone is 1. The maximum Gasteiger partial charge on any atom is -0.0286 e. The summed E-state index contributed by atoms with van der Waals surface area (Å²) in [6, 6.07) is 0. The van der Waals surface area contributed by atoms with Crippen LogP contribution in [-0.2, 0) is 0 Å². The maximum atomic E-state index is 3.52. The number of hydrogen-bond acceptors (Lipinski definition) is 0. The minimum absolute atomic E-state index is 0.750. The van der Waals surface area contributed by atoms with E-state index in [0.717, 1.165) is 12.0 Å². The lowest BCUT2D eigenvalue weighted by Gasteiger charge is -1.79. The van der Waals surface area contributed by atoms with Crippen molar-refractivity contribution >= 4 is 0 Å². The van der Waals surface area contributed by atoms with E-state index in [1.165, 1.54) is 0 Å². The van der Waals surface area contributed by atoms with Gasteiger partial charge in [-0.1, -0.05) is 12.2 Å². The Morgan fingerprint density at radius 2 is 1.80 bits per heavy atom. The summed E-state index contributed by atoms with van der Waals surface area (Å²) < 4.78 is 0. The Hall–Kier alpha value is -0.260. The Morgan fingerprint density at radius 3 is 1.80 bits per heavy atom. The summed E-state index contributed by atoms with van der Waals surface area (Å²) in [5.74, 6) is 0. The Bertz CT molecular complexity index is 35.3. The molecule has 0 nitrogen and oxygen atoms in total. The monoisotopic (exact) mass is 68.1 g/mol. The Morgan fingerprint density at radius 1 is 1.60 bits per heavy atom. The molecule has 0 heteroatoms. The second kappa shape index (κ2) is 2.01. The van der Waals surface area contributed by atoms with Crippen LogP contribution in [0.2, 0.25) is 0 Å². The van der Waals surface area contributed by atoms with Gasteiger partial charge in [-0.15, -0.1) is 0 Å². The standard InChI is InChI=1S/C5H8/c1-4-5(2)3/h1-4H2. The molecule has 0 aliphatic carbocycles. The van der Waals surface area contributed by atoms with Gasteiger partial charge in [-0.3, -0.25) is 0 Å². The van der Waals surface area contributed by atoms with E-state index >= 15 is 0 Å². The van der Waals surface area contributed by atoms with Crippen LogP contribution in [0.1, 0.15) is 6.42 Å². The summed E-state index contributed by atoms with van der Waals surface area (Å²) in [6.07, 6.45) is 0.750. The van der Waals surface area contributed by atoms with Gasteiger partial charge in [-0.05, 0) is 20.3 Å². The summed E-state index contributed by atoms with van der Waals surface area (Å²) >= 11 is 0. The SMILES string of the molecule is [CH2]CC([CH2])=C. The zero-order valence-electron chi connectivity index (χ0n) is 3.33. The van der Waals surface area contributed by atoms with Crippen LogP contribution in [0.5, 0.6) is 0 Å². The quantitative estimate of drug-likeness (QED) is 0.438. The molecule has 0 aromatic heterocycles. The van der Waals surface area contributed by atoms with Crippen molar-refractivity contribution in [1.29, 1.82) is 0 Å². The lowest BCUT2D eigenvalue weighted by Crippen LogP contribution is -1.60. The van der Waals surface area contributed by atoms with Gasteiger partial charge in [0.2, 0.25) is 0 Å². The third-order valence-corrected chi connectivity index (χ3v) is 0.354. The molecule has 0 atom stereocenters. The first-order valence-corrected chi connectivity index (χ1v) is 1.56. The van der Waals surface area contributed by atoms with Crippen LogP contribution in [0, 0.1) is 13.8 Å². The zero-order valence-corrected chi connectivity index (χ0v) is 3.33. The van der Waals surface area contributed by atoms with Gasteiger partial charge < -0.3 is 0 Å². The molecule has 0 fully saturated rings. The molecule has 0 aliphatic rings. The predicted molar refractivity (Wildman–Crippen MR) is 24.5 cm³/mol. The molecule has 0 heterocycles. The van der Waals surface area contributed by atoms with Gasteiger partial charge in [-0.2, -0.15) is 0 Å². The van der Waals surface area contributed by atoms with E-state index in [2.05, 4.69) is 20.4 Å². The van der Waals surface area contributed by atoms with Crippen molar-refractivity contribution in [2.45, 2.75) is 6.42 Å². The minimum Gasteiger partial charge on any atom is -0.0999 e. The fourth-order valence-corrected chi connectivity index (χ4v) is 0. The van der Waals surface area contributed by atoms with E-state index in [0.29, 0.717) is 0 Å². The highest BCUT2D eigenvalue weighted by Gasteiger charge is 1.68. The molecule has 0 saturated carbocycles. The molecule has 0 N–H and O–H groups in total. The third kappa shape index (κ3) is 3.74. The first-order chi connectivity index (χ1) is 2.27. The van der Waals surface area contributed by atoms with Crippen molar-refractivity contribution in [3.63, 3.8) is 0 Å². The van der Waals surface area contributed by atoms with Crippen LogP contribution in [0.3, 0.4) is 0 Å². The topological polar surface area (TPSA) is 0 Å². The van der Waals surface area contributed by atoms with Crippen molar-refractivity contribution in [2.24, 2.45) is 0 Å². The first-order valence-electron chi connectivity index (χ1n) is 1.56. The maximum absolute atomic E-state index is 3.52. The van der Waals surface area contributed by atoms with Crippen LogP contribution in [0.15, 0.2) is 12.2 Å². The van der Waals surface area contributed by atoms with Gasteiger partial charge >= 0.3 is 0 Å². The average Bonchev–Trinajstić information content (AvgIpc) is 1.38. The van der Waals surface area contributed by atoms with Crippen LogP contribution in [0.4, 0.5) is 0 Å². The Labute approximate surface area is 33.5 Å². The number of hydrogen-bond donors (Lipinski definition) is 0. The van der Waals surface area contributed by atoms with Gasteiger partial charge in [-0.25, -0.2) is 0 Å². The van der Waals surface area contributed by atoms with Crippen molar-refractivity contribution < 1.29 is 0 Å². The summed E-state index contributed by atoms with van der Waals surface area (Å²) in [6.45, 7) is 10.5. The van der Waals surface area contributed by atoms with Gasteiger partial charge in [0.1, 0.15) is 0 Å². The molecular formula is C5H8. The largest absolute Gasteiger partial charge is 0.0999 e. The van der Waals surface area contributed by atoms with Crippen LogP contribution >= 0.6 is 0 Å². The summed E-state index contributed by atoms with van der Waals surface area (Å²) in [4.78, 5) is 0. The minimum atomic E-state index is 0.750. The van der Waals surface area contributed by atoms with E-state index in [1.54, 1.807) is 0 Å². The number of rotatable bonds is 1. The van der Waals surface area contributed by atoms with Gasteiger partial charge in [0.05, 0.1) is 0 Å². The molecule has 0 bridgehead atoms. The van der Waals surface area contributed by atoms with E-state index in [-0.39, 0.29) is 0 Å². The highest BCUT2D eigenvalue weighted by Crippen LogP contribution is 1.87. The first kappa shape index (κ1) is 4.74. The highest BCUT2D eigenvalue weighted by atomic mass is 13.7. The molecular weight excluding hydrogens is 60.1 g/mol. The fraction of sp³-hybridized carbons (Fsp3) is 0.200. The van der Waals surface area contributed by atoms with E-state index < -0.39 is 0 Å². The molecule has 0 unspecified atom stereocenters. The second-order valence-corrected chi connectivity index (χ2v) is 1.000. The van der Waals surface area contributed by atoms with Crippen LogP contribution < -0.4 is 0 Å². The van der Waals surface area contributed by atoms with E-state index in [1.807, 2.05) is 0 Å². The lowest BCUT2D eigenvalue weighted by molar-refractivity contribution is 1.31. The molecule has 0 rings (SSSR count). The molecule has 5 heavy (non-hydrogen) atoms. The van der Waals surface area contributed by atoms with E-state index in [4.69, 9.17) is 0 Å². The van der Waals surface area contributed by atoms with Crippen molar-refractivity contribution in [3.8, 4) is 0 Å². The van der Waals surface area contributed by atoms with Crippen LogP contribution in [-0.4, -0.2) is 0 Å². The molecule has 28 valence electrons. The van der Waals surface area contributed by atoms with Crippen molar-refractivity contribution in [1.82, 2.24) is 0 Å². The van der Waals surface area contributed by atoms with Gasteiger partial charge in [0, 0.05) is 0 Å². The van der Waals surface area contributed by atoms with Crippen molar-refractivity contribution in [3.05, 3.63) is 26.0 Å². The molecule has 0 amide bonds. The normalized spacial score (nSPS) is 7.60. The molecule has 0 saturated heterocycles. The average molecular weight is 68.1 g/mol. The molecule has 0 aromatic carbocycles. The van der Waals surface area contributed by atoms with E-state index in [9.17, 15) is 0 Å².